The number of urea groups is 1. The molecule has 2 aromatic rings. The number of carbonyl (C=O) groups is 2. The van der Waals surface area contributed by atoms with Crippen molar-refractivity contribution in [1.82, 2.24) is 10.6 Å². The Bertz CT molecular complexity index is 827. The summed E-state index contributed by atoms with van der Waals surface area (Å²) in [7, 11) is 4.69. The molecule has 2 aromatic carbocycles. The van der Waals surface area contributed by atoms with Crippen LogP contribution in [0.2, 0.25) is 0 Å². The van der Waals surface area contributed by atoms with Crippen LogP contribution in [0.4, 0.5) is 4.79 Å². The third-order valence-corrected chi connectivity index (χ3v) is 4.38. The Labute approximate surface area is 170 Å². The molecule has 0 radical (unpaired) electrons. The van der Waals surface area contributed by atoms with E-state index in [1.54, 1.807) is 34.3 Å². The van der Waals surface area contributed by atoms with Crippen LogP contribution in [-0.2, 0) is 11.3 Å². The highest BCUT2D eigenvalue weighted by atomic mass is 16.5. The number of quaternary nitrogens is 1. The Morgan fingerprint density at radius 2 is 1.59 bits per heavy atom. The first-order valence-corrected chi connectivity index (χ1v) is 9.29. The third-order valence-electron chi connectivity index (χ3n) is 4.38. The number of methoxy groups -OCH3 is 3. The number of amides is 3. The lowest BCUT2D eigenvalue weighted by molar-refractivity contribution is -0.698. The molecule has 1 atom stereocenters. The van der Waals surface area contributed by atoms with Crippen molar-refractivity contribution in [2.75, 3.05) is 27.9 Å². The van der Waals surface area contributed by atoms with Gasteiger partial charge in [0, 0.05) is 18.2 Å². The van der Waals surface area contributed by atoms with E-state index in [1.165, 1.54) is 0 Å². The van der Waals surface area contributed by atoms with E-state index in [-0.39, 0.29) is 0 Å². The summed E-state index contributed by atoms with van der Waals surface area (Å²) in [5, 5.41) is 6.80. The van der Waals surface area contributed by atoms with Crippen LogP contribution in [0.1, 0.15) is 24.1 Å². The highest BCUT2D eigenvalue weighted by molar-refractivity contribution is 5.96. The first kappa shape index (κ1) is 22.0. The molecule has 0 unspecified atom stereocenters. The number of nitrogens with one attached hydrogen (secondary N) is 2. The zero-order chi connectivity index (χ0) is 21.2. The molecule has 0 saturated heterocycles. The van der Waals surface area contributed by atoms with Gasteiger partial charge < -0.3 is 24.8 Å². The fourth-order valence-electron chi connectivity index (χ4n) is 2.95. The van der Waals surface area contributed by atoms with Gasteiger partial charge in [0.1, 0.15) is 12.3 Å². The number of benzene rings is 2. The molecule has 0 aliphatic rings. The van der Waals surface area contributed by atoms with Crippen molar-refractivity contribution in [1.29, 1.82) is 0 Å². The molecule has 8 heteroatoms. The SMILES string of the molecule is CCNC(=O)NC(=O)[C@H]([NH2+]Cc1cc(OC)c(OC)cc1OC)c1ccccc1. The van der Waals surface area contributed by atoms with Crippen LogP contribution in [0, 0.1) is 0 Å². The van der Waals surface area contributed by atoms with Crippen LogP contribution in [-0.4, -0.2) is 39.8 Å². The van der Waals surface area contributed by atoms with Gasteiger partial charge in [-0.05, 0) is 13.0 Å². The van der Waals surface area contributed by atoms with Crippen molar-refractivity contribution < 1.29 is 29.1 Å². The molecule has 0 saturated carbocycles. The van der Waals surface area contributed by atoms with E-state index in [0.717, 1.165) is 11.1 Å². The van der Waals surface area contributed by atoms with Crippen LogP contribution in [0.15, 0.2) is 42.5 Å². The molecule has 29 heavy (non-hydrogen) atoms. The highest BCUT2D eigenvalue weighted by Crippen LogP contribution is 2.34. The zero-order valence-corrected chi connectivity index (χ0v) is 17.2. The molecule has 4 N–H and O–H groups in total. The zero-order valence-electron chi connectivity index (χ0n) is 17.2. The predicted octanol–water partition coefficient (Wildman–Crippen LogP) is 1.36. The summed E-state index contributed by atoms with van der Waals surface area (Å²) in [6.07, 6.45) is 0. The minimum atomic E-state index is -0.614. The van der Waals surface area contributed by atoms with Gasteiger partial charge in [-0.2, -0.15) is 0 Å². The lowest BCUT2D eigenvalue weighted by Gasteiger charge is -2.18. The summed E-state index contributed by atoms with van der Waals surface area (Å²) in [5.41, 5.74) is 1.62. The van der Waals surface area contributed by atoms with Gasteiger partial charge in [0.25, 0.3) is 5.91 Å². The smallest absolute Gasteiger partial charge is 0.321 e. The quantitative estimate of drug-likeness (QED) is 0.588. The molecule has 0 aliphatic carbocycles. The molecule has 2 rings (SSSR count). The van der Waals surface area contributed by atoms with Crippen LogP contribution in [0.3, 0.4) is 0 Å². The Balaban J connectivity index is 2.26. The van der Waals surface area contributed by atoms with Crippen LogP contribution >= 0.6 is 0 Å². The lowest BCUT2D eigenvalue weighted by atomic mass is 10.1. The van der Waals surface area contributed by atoms with E-state index >= 15 is 0 Å². The molecular weight excluding hydrogens is 374 g/mol. The number of carbonyl (C=O) groups excluding carboxylic acids is 2. The summed E-state index contributed by atoms with van der Waals surface area (Å²) in [6.45, 7) is 2.64. The number of hydrogen-bond acceptors (Lipinski definition) is 5. The Hall–Kier alpha value is -3.26. The van der Waals surface area contributed by atoms with Crippen molar-refractivity contribution in [3.8, 4) is 17.2 Å². The molecule has 156 valence electrons. The second kappa shape index (κ2) is 10.9. The predicted molar refractivity (Wildman–Crippen MR) is 108 cm³/mol. The van der Waals surface area contributed by atoms with Crippen molar-refractivity contribution in [3.63, 3.8) is 0 Å². The van der Waals surface area contributed by atoms with Gasteiger partial charge in [-0.1, -0.05) is 30.3 Å². The molecule has 0 heterocycles. The highest BCUT2D eigenvalue weighted by Gasteiger charge is 2.26. The normalized spacial score (nSPS) is 11.3. The van der Waals surface area contributed by atoms with Crippen LogP contribution < -0.4 is 30.2 Å². The van der Waals surface area contributed by atoms with Gasteiger partial charge in [0.2, 0.25) is 0 Å². The molecule has 0 aliphatic heterocycles. The maximum absolute atomic E-state index is 12.7. The monoisotopic (exact) mass is 402 g/mol. The minimum Gasteiger partial charge on any atom is -0.496 e. The number of hydrogen-bond donors (Lipinski definition) is 3. The summed E-state index contributed by atoms with van der Waals surface area (Å²) in [5.74, 6) is 1.35. The van der Waals surface area contributed by atoms with Gasteiger partial charge in [-0.3, -0.25) is 10.1 Å². The number of imide groups is 1. The first-order valence-electron chi connectivity index (χ1n) is 9.29. The van der Waals surface area contributed by atoms with Crippen molar-refractivity contribution in [2.24, 2.45) is 0 Å². The lowest BCUT2D eigenvalue weighted by Crippen LogP contribution is -2.86. The van der Waals surface area contributed by atoms with E-state index in [4.69, 9.17) is 14.2 Å². The summed E-state index contributed by atoms with van der Waals surface area (Å²) in [6, 6.07) is 11.7. The van der Waals surface area contributed by atoms with Gasteiger partial charge in [0.05, 0.1) is 26.9 Å². The molecular formula is C21H28N3O5+. The summed E-state index contributed by atoms with van der Waals surface area (Å²) >= 11 is 0. The number of nitrogens with two attached hydrogens (primary N) is 1. The first-order chi connectivity index (χ1) is 14.0. The number of rotatable bonds is 9. The van der Waals surface area contributed by atoms with E-state index in [9.17, 15) is 9.59 Å². The molecule has 0 aromatic heterocycles. The van der Waals surface area contributed by atoms with E-state index < -0.39 is 18.0 Å². The fraction of sp³-hybridized carbons (Fsp3) is 0.333. The van der Waals surface area contributed by atoms with Crippen molar-refractivity contribution in [2.45, 2.75) is 19.5 Å². The fourth-order valence-corrected chi connectivity index (χ4v) is 2.95. The van der Waals surface area contributed by atoms with E-state index in [2.05, 4.69) is 10.6 Å². The molecule has 3 amide bonds. The van der Waals surface area contributed by atoms with Gasteiger partial charge in [-0.25, -0.2) is 4.79 Å². The third kappa shape index (κ3) is 5.86. The van der Waals surface area contributed by atoms with Crippen molar-refractivity contribution in [3.05, 3.63) is 53.6 Å². The van der Waals surface area contributed by atoms with Gasteiger partial charge in [0.15, 0.2) is 17.5 Å². The largest absolute Gasteiger partial charge is 0.496 e. The minimum absolute atomic E-state index is 0.401. The summed E-state index contributed by atoms with van der Waals surface area (Å²) < 4.78 is 16.1. The second-order valence-electron chi connectivity index (χ2n) is 6.20. The van der Waals surface area contributed by atoms with E-state index in [1.807, 2.05) is 41.7 Å². The maximum Gasteiger partial charge on any atom is 0.321 e. The molecule has 8 nitrogen and oxygen atoms in total. The Morgan fingerprint density at radius 3 is 2.17 bits per heavy atom. The average Bonchev–Trinajstić information content (AvgIpc) is 2.74. The standard InChI is InChI=1S/C21H27N3O5/c1-5-22-21(26)24-20(25)19(14-9-7-6-8-10-14)23-13-15-11-17(28-3)18(29-4)12-16(15)27-2/h6-12,19,23H,5,13H2,1-4H3,(H2,22,24,25,26)/p+1/t19-/m1/s1. The second-order valence-corrected chi connectivity index (χ2v) is 6.20. The summed E-state index contributed by atoms with van der Waals surface area (Å²) in [4.78, 5) is 24.6. The number of ether oxygens (including phenoxy) is 3. The van der Waals surface area contributed by atoms with E-state index in [0.29, 0.717) is 30.3 Å². The van der Waals surface area contributed by atoms with Crippen LogP contribution in [0.5, 0.6) is 17.2 Å². The van der Waals surface area contributed by atoms with Gasteiger partial charge >= 0.3 is 6.03 Å². The topological polar surface area (TPSA) is 103 Å². The maximum atomic E-state index is 12.7. The molecule has 0 spiro atoms. The Kier molecular flexibility index (Phi) is 8.29. The van der Waals surface area contributed by atoms with Crippen LogP contribution in [0.25, 0.3) is 0 Å². The molecule has 0 bridgehead atoms. The van der Waals surface area contributed by atoms with Gasteiger partial charge in [-0.15, -0.1) is 0 Å². The molecule has 0 fully saturated rings. The average molecular weight is 402 g/mol. The van der Waals surface area contributed by atoms with Crippen molar-refractivity contribution >= 4 is 11.9 Å². The Morgan fingerprint density at radius 1 is 0.966 bits per heavy atom.